The van der Waals surface area contributed by atoms with Crippen LogP contribution in [0.15, 0.2) is 77.3 Å². The first-order valence-corrected chi connectivity index (χ1v) is 8.37. The number of nitrogens with zero attached hydrogens (tertiary/aromatic N) is 1. The molecule has 0 aromatic heterocycles. The fourth-order valence-corrected chi connectivity index (χ4v) is 2.50. The van der Waals surface area contributed by atoms with Crippen molar-refractivity contribution in [2.75, 3.05) is 10.6 Å². The van der Waals surface area contributed by atoms with Crippen LogP contribution in [0.4, 0.5) is 17.1 Å². The van der Waals surface area contributed by atoms with Gasteiger partial charge in [0.05, 0.1) is 11.6 Å². The highest BCUT2D eigenvalue weighted by molar-refractivity contribution is 9.10. The Morgan fingerprint density at radius 2 is 1.32 bits per heavy atom. The number of nitrogens with one attached hydrogen (secondary N) is 2. The summed E-state index contributed by atoms with van der Waals surface area (Å²) in [6, 6.07) is 23.9. The van der Waals surface area contributed by atoms with Crippen molar-refractivity contribution in [1.82, 2.24) is 0 Å². The first kappa shape index (κ1) is 16.7. The molecule has 3 rings (SSSR count). The van der Waals surface area contributed by atoms with Crippen LogP contribution in [0.3, 0.4) is 0 Å². The number of nitriles is 1. The second kappa shape index (κ2) is 7.65. The smallest absolute Gasteiger partial charge is 0.255 e. The third kappa shape index (κ3) is 4.46. The van der Waals surface area contributed by atoms with Gasteiger partial charge >= 0.3 is 0 Å². The van der Waals surface area contributed by atoms with E-state index in [9.17, 15) is 4.79 Å². The fourth-order valence-electron chi connectivity index (χ4n) is 2.24. The molecular formula is C20H14BrN3O. The molecule has 122 valence electrons. The van der Waals surface area contributed by atoms with Gasteiger partial charge in [-0.2, -0.15) is 5.26 Å². The maximum Gasteiger partial charge on any atom is 0.255 e. The molecule has 0 heterocycles. The minimum atomic E-state index is -0.152. The molecule has 0 bridgehead atoms. The summed E-state index contributed by atoms with van der Waals surface area (Å²) in [6.07, 6.45) is 0. The Labute approximate surface area is 154 Å². The molecule has 3 aromatic rings. The lowest BCUT2D eigenvalue weighted by Crippen LogP contribution is -2.11. The Hall–Kier alpha value is -3.10. The molecule has 0 aliphatic carbocycles. The number of amides is 1. The lowest BCUT2D eigenvalue weighted by molar-refractivity contribution is 0.102. The Kier molecular flexibility index (Phi) is 5.12. The summed E-state index contributed by atoms with van der Waals surface area (Å²) in [5.41, 5.74) is 3.73. The van der Waals surface area contributed by atoms with Gasteiger partial charge in [0, 0.05) is 27.1 Å². The summed E-state index contributed by atoms with van der Waals surface area (Å²) in [5, 5.41) is 14.9. The molecule has 4 nitrogen and oxygen atoms in total. The van der Waals surface area contributed by atoms with Crippen LogP contribution in [0.2, 0.25) is 0 Å². The van der Waals surface area contributed by atoms with Gasteiger partial charge in [-0.15, -0.1) is 0 Å². The first-order valence-electron chi connectivity index (χ1n) is 7.58. The topological polar surface area (TPSA) is 64.9 Å². The van der Waals surface area contributed by atoms with Gasteiger partial charge in [-0.3, -0.25) is 4.79 Å². The van der Waals surface area contributed by atoms with Crippen molar-refractivity contribution in [1.29, 1.82) is 5.26 Å². The zero-order chi connectivity index (χ0) is 17.6. The maximum absolute atomic E-state index is 12.2. The predicted octanol–water partition coefficient (Wildman–Crippen LogP) is 5.32. The van der Waals surface area contributed by atoms with Crippen molar-refractivity contribution in [2.24, 2.45) is 0 Å². The Balaban J connectivity index is 1.64. The van der Waals surface area contributed by atoms with Gasteiger partial charge in [0.2, 0.25) is 0 Å². The van der Waals surface area contributed by atoms with E-state index in [4.69, 9.17) is 5.26 Å². The van der Waals surface area contributed by atoms with E-state index in [1.54, 1.807) is 24.3 Å². The van der Waals surface area contributed by atoms with E-state index in [2.05, 4.69) is 32.6 Å². The van der Waals surface area contributed by atoms with Gasteiger partial charge in [0.15, 0.2) is 0 Å². The van der Waals surface area contributed by atoms with Crippen molar-refractivity contribution in [3.8, 4) is 6.07 Å². The van der Waals surface area contributed by atoms with Gasteiger partial charge in [0.1, 0.15) is 0 Å². The largest absolute Gasteiger partial charge is 0.356 e. The Morgan fingerprint density at radius 3 is 1.88 bits per heavy atom. The van der Waals surface area contributed by atoms with Crippen LogP contribution in [-0.4, -0.2) is 5.91 Å². The van der Waals surface area contributed by atoms with Gasteiger partial charge in [-0.1, -0.05) is 15.9 Å². The van der Waals surface area contributed by atoms with E-state index in [1.165, 1.54) is 0 Å². The average Bonchev–Trinajstić information content (AvgIpc) is 2.64. The van der Waals surface area contributed by atoms with Gasteiger partial charge in [-0.25, -0.2) is 0 Å². The maximum atomic E-state index is 12.2. The van der Waals surface area contributed by atoms with Crippen LogP contribution >= 0.6 is 15.9 Å². The SMILES string of the molecule is N#Cc1ccc(Nc2ccc(NC(=O)c3ccc(Br)cc3)cc2)cc1. The first-order chi connectivity index (χ1) is 12.1. The van der Waals surface area contributed by atoms with E-state index < -0.39 is 0 Å². The minimum Gasteiger partial charge on any atom is -0.356 e. The number of benzene rings is 3. The molecule has 1 amide bonds. The predicted molar refractivity (Wildman–Crippen MR) is 103 cm³/mol. The van der Waals surface area contributed by atoms with E-state index in [0.29, 0.717) is 11.1 Å². The summed E-state index contributed by atoms with van der Waals surface area (Å²) in [5.74, 6) is -0.152. The number of rotatable bonds is 4. The van der Waals surface area contributed by atoms with Crippen LogP contribution in [0.25, 0.3) is 0 Å². The second-order valence-corrected chi connectivity index (χ2v) is 6.27. The summed E-state index contributed by atoms with van der Waals surface area (Å²) in [4.78, 5) is 12.2. The third-order valence-electron chi connectivity index (χ3n) is 3.55. The average molecular weight is 392 g/mol. The standard InChI is InChI=1S/C20H14BrN3O/c21-16-5-3-15(4-6-16)20(25)24-19-11-9-18(10-12-19)23-17-7-1-14(13-22)2-8-17/h1-12,23H,(H,24,25). The molecule has 2 N–H and O–H groups in total. The lowest BCUT2D eigenvalue weighted by Gasteiger charge is -2.09. The molecule has 0 saturated heterocycles. The third-order valence-corrected chi connectivity index (χ3v) is 4.08. The lowest BCUT2D eigenvalue weighted by atomic mass is 10.2. The monoisotopic (exact) mass is 391 g/mol. The number of halogens is 1. The molecule has 5 heteroatoms. The van der Waals surface area contributed by atoms with E-state index in [-0.39, 0.29) is 5.91 Å². The summed E-state index contributed by atoms with van der Waals surface area (Å²) >= 11 is 3.35. The van der Waals surface area contributed by atoms with Crippen molar-refractivity contribution >= 4 is 38.9 Å². The molecule has 0 atom stereocenters. The van der Waals surface area contributed by atoms with Crippen molar-refractivity contribution in [3.05, 3.63) is 88.4 Å². The molecular weight excluding hydrogens is 378 g/mol. The van der Waals surface area contributed by atoms with Crippen LogP contribution in [-0.2, 0) is 0 Å². The summed E-state index contributed by atoms with van der Waals surface area (Å²) < 4.78 is 0.933. The number of hydrogen-bond acceptors (Lipinski definition) is 3. The highest BCUT2D eigenvalue weighted by Crippen LogP contribution is 2.20. The molecule has 0 spiro atoms. The zero-order valence-electron chi connectivity index (χ0n) is 13.2. The Morgan fingerprint density at radius 1 is 0.800 bits per heavy atom. The quantitative estimate of drug-likeness (QED) is 0.632. The van der Waals surface area contributed by atoms with Crippen LogP contribution < -0.4 is 10.6 Å². The Bertz CT molecular complexity index is 911. The van der Waals surface area contributed by atoms with Crippen LogP contribution in [0.5, 0.6) is 0 Å². The van der Waals surface area contributed by atoms with Crippen molar-refractivity contribution in [2.45, 2.75) is 0 Å². The molecule has 25 heavy (non-hydrogen) atoms. The van der Waals surface area contributed by atoms with E-state index in [0.717, 1.165) is 21.5 Å². The van der Waals surface area contributed by atoms with Gasteiger partial charge in [-0.05, 0) is 72.8 Å². The molecule has 0 fully saturated rings. The fraction of sp³-hybridized carbons (Fsp3) is 0. The van der Waals surface area contributed by atoms with E-state index >= 15 is 0 Å². The van der Waals surface area contributed by atoms with Crippen molar-refractivity contribution in [3.63, 3.8) is 0 Å². The molecule has 3 aromatic carbocycles. The van der Waals surface area contributed by atoms with E-state index in [1.807, 2.05) is 48.5 Å². The number of carbonyl (C=O) groups excluding carboxylic acids is 1. The molecule has 0 aliphatic rings. The number of anilines is 3. The minimum absolute atomic E-state index is 0.152. The van der Waals surface area contributed by atoms with Gasteiger partial charge < -0.3 is 10.6 Å². The van der Waals surface area contributed by atoms with Crippen LogP contribution in [0, 0.1) is 11.3 Å². The molecule has 0 aliphatic heterocycles. The second-order valence-electron chi connectivity index (χ2n) is 5.35. The molecule has 0 radical (unpaired) electrons. The normalized spacial score (nSPS) is 9.92. The zero-order valence-corrected chi connectivity index (χ0v) is 14.7. The molecule has 0 saturated carbocycles. The number of carbonyl (C=O) groups is 1. The van der Waals surface area contributed by atoms with Crippen molar-refractivity contribution < 1.29 is 4.79 Å². The highest BCUT2D eigenvalue weighted by atomic mass is 79.9. The van der Waals surface area contributed by atoms with Crippen LogP contribution in [0.1, 0.15) is 15.9 Å². The highest BCUT2D eigenvalue weighted by Gasteiger charge is 2.05. The summed E-state index contributed by atoms with van der Waals surface area (Å²) in [7, 11) is 0. The summed E-state index contributed by atoms with van der Waals surface area (Å²) in [6.45, 7) is 0. The van der Waals surface area contributed by atoms with Gasteiger partial charge in [0.25, 0.3) is 5.91 Å². The number of hydrogen-bond donors (Lipinski definition) is 2. The molecule has 0 unspecified atom stereocenters.